The van der Waals surface area contributed by atoms with E-state index >= 15 is 0 Å². The van der Waals surface area contributed by atoms with E-state index in [2.05, 4.69) is 15.4 Å². The van der Waals surface area contributed by atoms with Crippen LogP contribution in [0.3, 0.4) is 0 Å². The van der Waals surface area contributed by atoms with Crippen LogP contribution in [0.15, 0.2) is 40.9 Å². The molecule has 10 nitrogen and oxygen atoms in total. The summed E-state index contributed by atoms with van der Waals surface area (Å²) in [6.07, 6.45) is 0.551. The maximum Gasteiger partial charge on any atom is 0.274 e. The van der Waals surface area contributed by atoms with Crippen molar-refractivity contribution < 1.29 is 29.1 Å². The number of nitrogens with two attached hydrogens (primary N) is 1. The number of primary amides is 1. The lowest BCUT2D eigenvalue weighted by molar-refractivity contribution is -0.118. The molecule has 0 radical (unpaired) electrons. The third kappa shape index (κ3) is 6.32. The minimum absolute atomic E-state index is 0.0202. The second-order valence-electron chi connectivity index (χ2n) is 9.73. The van der Waals surface area contributed by atoms with Crippen LogP contribution in [0, 0.1) is 0 Å². The fourth-order valence-corrected chi connectivity index (χ4v) is 4.48. The van der Waals surface area contributed by atoms with E-state index in [1.807, 2.05) is 38.1 Å². The molecule has 2 amide bonds. The molecular weight excluding hydrogens is 488 g/mol. The molecule has 202 valence electrons. The lowest BCUT2D eigenvalue weighted by Gasteiger charge is -2.26. The number of ether oxygens (including phenoxy) is 1. The van der Waals surface area contributed by atoms with Gasteiger partial charge in [-0.15, -0.1) is 0 Å². The van der Waals surface area contributed by atoms with Gasteiger partial charge in [-0.3, -0.25) is 14.5 Å². The largest absolute Gasteiger partial charge is 0.508 e. The minimum Gasteiger partial charge on any atom is -0.508 e. The van der Waals surface area contributed by atoms with Crippen molar-refractivity contribution in [2.75, 3.05) is 32.8 Å². The molecular formula is C28H34N4O6. The van der Waals surface area contributed by atoms with Gasteiger partial charge in [0.1, 0.15) is 11.5 Å². The van der Waals surface area contributed by atoms with Crippen LogP contribution in [0.25, 0.3) is 22.5 Å². The lowest BCUT2D eigenvalue weighted by Crippen LogP contribution is -2.35. The van der Waals surface area contributed by atoms with E-state index in [0.717, 1.165) is 25.2 Å². The maximum atomic E-state index is 13.1. The summed E-state index contributed by atoms with van der Waals surface area (Å²) in [7, 11) is 0. The van der Waals surface area contributed by atoms with E-state index in [-0.39, 0.29) is 41.8 Å². The Bertz CT molecular complexity index is 1280. The van der Waals surface area contributed by atoms with Crippen LogP contribution in [0.4, 0.5) is 0 Å². The zero-order valence-electron chi connectivity index (χ0n) is 21.7. The highest BCUT2D eigenvalue weighted by Gasteiger charge is 2.27. The number of benzene rings is 2. The van der Waals surface area contributed by atoms with Crippen LogP contribution >= 0.6 is 0 Å². The smallest absolute Gasteiger partial charge is 0.274 e. The van der Waals surface area contributed by atoms with Gasteiger partial charge >= 0.3 is 0 Å². The number of aromatic nitrogens is 1. The molecule has 3 aromatic rings. The number of carbonyl (C=O) groups is 2. The zero-order valence-corrected chi connectivity index (χ0v) is 21.7. The van der Waals surface area contributed by atoms with Crippen LogP contribution in [-0.2, 0) is 16.1 Å². The molecule has 2 heterocycles. The first kappa shape index (κ1) is 27.2. The summed E-state index contributed by atoms with van der Waals surface area (Å²) in [5.74, 6) is -0.937. The first-order valence-corrected chi connectivity index (χ1v) is 12.8. The number of phenols is 2. The molecule has 0 spiro atoms. The van der Waals surface area contributed by atoms with Gasteiger partial charge in [-0.1, -0.05) is 43.3 Å². The Hall–Kier alpha value is -3.89. The Kier molecular flexibility index (Phi) is 8.65. The molecule has 1 aliphatic heterocycles. The Morgan fingerprint density at radius 3 is 2.47 bits per heavy atom. The molecule has 5 N–H and O–H groups in total. The Labute approximate surface area is 221 Å². The molecule has 0 bridgehead atoms. The highest BCUT2D eigenvalue weighted by atomic mass is 16.5. The van der Waals surface area contributed by atoms with Gasteiger partial charge in [0.25, 0.3) is 5.91 Å². The van der Waals surface area contributed by atoms with Crippen molar-refractivity contribution in [2.24, 2.45) is 5.73 Å². The number of carbonyl (C=O) groups excluding carboxylic acids is 2. The fraction of sp³-hybridized carbons (Fsp3) is 0.393. The number of phenolic OH excluding ortho intramolecular Hbond substituents is 2. The number of amides is 2. The number of nitrogens with one attached hydrogen (secondary N) is 1. The SMILES string of the molecule is CC(C)c1cc(-c2onc(C(=O)NCCCC(N)=O)c2-c2ccc(CN3CCOCC3)cc2)c(O)cc1O. The van der Waals surface area contributed by atoms with Gasteiger partial charge in [0.05, 0.1) is 24.3 Å². The molecule has 4 rings (SSSR count). The quantitative estimate of drug-likeness (QED) is 0.296. The lowest BCUT2D eigenvalue weighted by atomic mass is 9.94. The monoisotopic (exact) mass is 522 g/mol. The predicted molar refractivity (Wildman–Crippen MR) is 142 cm³/mol. The second-order valence-corrected chi connectivity index (χ2v) is 9.73. The predicted octanol–water partition coefficient (Wildman–Crippen LogP) is 3.37. The fourth-order valence-electron chi connectivity index (χ4n) is 4.48. The van der Waals surface area contributed by atoms with Crippen molar-refractivity contribution >= 4 is 11.8 Å². The molecule has 1 fully saturated rings. The topological polar surface area (TPSA) is 151 Å². The van der Waals surface area contributed by atoms with Crippen LogP contribution in [0.5, 0.6) is 11.5 Å². The summed E-state index contributed by atoms with van der Waals surface area (Å²) in [6.45, 7) is 8.05. The van der Waals surface area contributed by atoms with Gasteiger partial charge in [0, 0.05) is 38.7 Å². The Morgan fingerprint density at radius 2 is 1.82 bits per heavy atom. The molecule has 1 saturated heterocycles. The highest BCUT2D eigenvalue weighted by molar-refractivity contribution is 6.02. The Morgan fingerprint density at radius 1 is 1.11 bits per heavy atom. The standard InChI is InChI=1S/C28H34N4O6/c1-17(2)20-14-21(23(34)15-22(20)33)27-25(26(31-38-27)28(36)30-9-3-4-24(29)35)19-7-5-18(6-8-19)16-32-10-12-37-13-11-32/h5-8,14-15,17,33-34H,3-4,9-13,16H2,1-2H3,(H2,29,35)(H,30,36). The molecule has 10 heteroatoms. The summed E-state index contributed by atoms with van der Waals surface area (Å²) >= 11 is 0. The van der Waals surface area contributed by atoms with Gasteiger partial charge in [0.2, 0.25) is 5.91 Å². The number of morpholine rings is 1. The van der Waals surface area contributed by atoms with Crippen molar-refractivity contribution in [1.29, 1.82) is 0 Å². The van der Waals surface area contributed by atoms with Gasteiger partial charge in [-0.05, 0) is 35.1 Å². The van der Waals surface area contributed by atoms with Crippen LogP contribution in [0.2, 0.25) is 0 Å². The third-order valence-electron chi connectivity index (χ3n) is 6.56. The van der Waals surface area contributed by atoms with Crippen LogP contribution in [0.1, 0.15) is 54.2 Å². The van der Waals surface area contributed by atoms with E-state index in [1.54, 1.807) is 6.07 Å². The number of nitrogens with zero attached hydrogens (tertiary/aromatic N) is 2. The molecule has 38 heavy (non-hydrogen) atoms. The van der Waals surface area contributed by atoms with E-state index in [0.29, 0.717) is 41.9 Å². The first-order valence-electron chi connectivity index (χ1n) is 12.8. The van der Waals surface area contributed by atoms with Gasteiger partial charge in [-0.25, -0.2) is 0 Å². The second kappa shape index (κ2) is 12.1. The first-order chi connectivity index (χ1) is 18.2. The molecule has 1 aromatic heterocycles. The molecule has 0 saturated carbocycles. The molecule has 0 atom stereocenters. The Balaban J connectivity index is 1.70. The number of rotatable bonds is 10. The number of hydrogen-bond acceptors (Lipinski definition) is 8. The minimum atomic E-state index is -0.473. The molecule has 1 aliphatic rings. The number of aromatic hydroxyl groups is 2. The van der Waals surface area contributed by atoms with Crippen molar-refractivity contribution in [2.45, 2.75) is 39.2 Å². The van der Waals surface area contributed by atoms with Crippen LogP contribution in [-0.4, -0.2) is 64.9 Å². The van der Waals surface area contributed by atoms with Gasteiger partial charge in [-0.2, -0.15) is 0 Å². The average Bonchev–Trinajstić information content (AvgIpc) is 3.32. The summed E-state index contributed by atoms with van der Waals surface area (Å²) in [6, 6.07) is 10.7. The summed E-state index contributed by atoms with van der Waals surface area (Å²) in [4.78, 5) is 26.4. The normalized spacial score (nSPS) is 14.1. The zero-order chi connectivity index (χ0) is 27.2. The summed E-state index contributed by atoms with van der Waals surface area (Å²) in [5, 5.41) is 27.9. The molecule has 0 aliphatic carbocycles. The van der Waals surface area contributed by atoms with E-state index in [4.69, 9.17) is 15.0 Å². The average molecular weight is 523 g/mol. The van der Waals surface area contributed by atoms with Crippen molar-refractivity contribution in [3.8, 4) is 33.9 Å². The van der Waals surface area contributed by atoms with Crippen molar-refractivity contribution in [3.05, 3.63) is 53.2 Å². The molecule has 0 unspecified atom stereocenters. The summed E-state index contributed by atoms with van der Waals surface area (Å²) in [5.41, 5.74) is 8.41. The van der Waals surface area contributed by atoms with Crippen molar-refractivity contribution in [1.82, 2.24) is 15.4 Å². The molecule has 2 aromatic carbocycles. The van der Waals surface area contributed by atoms with E-state index in [1.165, 1.54) is 6.07 Å². The highest BCUT2D eigenvalue weighted by Crippen LogP contribution is 2.43. The van der Waals surface area contributed by atoms with Crippen molar-refractivity contribution in [3.63, 3.8) is 0 Å². The summed E-state index contributed by atoms with van der Waals surface area (Å²) < 4.78 is 11.1. The van der Waals surface area contributed by atoms with Gasteiger partial charge in [0.15, 0.2) is 11.5 Å². The maximum absolute atomic E-state index is 13.1. The van der Waals surface area contributed by atoms with Gasteiger partial charge < -0.3 is 30.5 Å². The van der Waals surface area contributed by atoms with Crippen LogP contribution < -0.4 is 11.1 Å². The third-order valence-corrected chi connectivity index (χ3v) is 6.56. The van der Waals surface area contributed by atoms with E-state index in [9.17, 15) is 19.8 Å². The van der Waals surface area contributed by atoms with E-state index < -0.39 is 11.8 Å². The number of hydrogen-bond donors (Lipinski definition) is 4.